The summed E-state index contributed by atoms with van der Waals surface area (Å²) in [6, 6.07) is 16.6. The van der Waals surface area contributed by atoms with Gasteiger partial charge < -0.3 is 9.14 Å². The zero-order valence-corrected chi connectivity index (χ0v) is 12.1. The predicted octanol–water partition coefficient (Wildman–Crippen LogP) is 3.12. The Morgan fingerprint density at radius 1 is 1.18 bits per heavy atom. The van der Waals surface area contributed by atoms with Crippen molar-refractivity contribution >= 4 is 17.3 Å². The van der Waals surface area contributed by atoms with E-state index >= 15 is 0 Å². The van der Waals surface area contributed by atoms with Crippen LogP contribution >= 0.6 is 0 Å². The topological polar surface area (TPSA) is 54.2 Å². The fourth-order valence-corrected chi connectivity index (χ4v) is 2.35. The number of rotatable bonds is 4. The summed E-state index contributed by atoms with van der Waals surface area (Å²) in [6.45, 7) is 0.216. The molecule has 0 aliphatic heterocycles. The quantitative estimate of drug-likeness (QED) is 0.593. The van der Waals surface area contributed by atoms with Gasteiger partial charge in [0.15, 0.2) is 0 Å². The molecule has 0 aliphatic carbocycles. The highest BCUT2D eigenvalue weighted by molar-refractivity contribution is 5.99. The lowest BCUT2D eigenvalue weighted by atomic mass is 10.2. The summed E-state index contributed by atoms with van der Waals surface area (Å²) in [7, 11) is 1.51. The molecule has 1 N–H and O–H groups in total. The summed E-state index contributed by atoms with van der Waals surface area (Å²) in [5.41, 5.74) is 2.04. The van der Waals surface area contributed by atoms with E-state index in [9.17, 15) is 10.0 Å². The minimum Gasteiger partial charge on any atom is -0.457 e. The lowest BCUT2D eigenvalue weighted by molar-refractivity contribution is 0.0475. The van der Waals surface area contributed by atoms with Gasteiger partial charge in [0.1, 0.15) is 12.4 Å². The molecule has 5 heteroatoms. The first-order valence-corrected chi connectivity index (χ1v) is 6.90. The third kappa shape index (κ3) is 2.66. The average Bonchev–Trinajstić information content (AvgIpc) is 2.93. The Morgan fingerprint density at radius 3 is 2.64 bits per heavy atom. The Hall–Kier alpha value is -2.79. The van der Waals surface area contributed by atoms with Crippen LogP contribution in [0.3, 0.4) is 0 Å². The Morgan fingerprint density at radius 2 is 1.91 bits per heavy atom. The summed E-state index contributed by atoms with van der Waals surface area (Å²) in [5, 5.41) is 10.7. The number of benzene rings is 1. The van der Waals surface area contributed by atoms with Crippen molar-refractivity contribution in [2.75, 3.05) is 12.1 Å². The summed E-state index contributed by atoms with van der Waals surface area (Å²) < 4.78 is 7.10. The molecule has 2 heterocycles. The van der Waals surface area contributed by atoms with Crippen molar-refractivity contribution < 1.29 is 14.7 Å². The maximum absolute atomic E-state index is 12.3. The van der Waals surface area contributed by atoms with Crippen molar-refractivity contribution in [2.45, 2.75) is 6.61 Å². The molecule has 0 unspecified atom stereocenters. The average molecular weight is 296 g/mol. The van der Waals surface area contributed by atoms with E-state index in [-0.39, 0.29) is 6.61 Å². The number of fused-ring (bicyclic) bond motifs is 1. The third-order valence-electron chi connectivity index (χ3n) is 3.42. The molecule has 0 fully saturated rings. The maximum Gasteiger partial charge on any atom is 0.340 e. The highest BCUT2D eigenvalue weighted by Crippen LogP contribution is 2.23. The van der Waals surface area contributed by atoms with Crippen molar-refractivity contribution in [3.05, 3.63) is 71.9 Å². The van der Waals surface area contributed by atoms with Gasteiger partial charge >= 0.3 is 5.97 Å². The molecule has 0 bridgehead atoms. The molecule has 3 rings (SSSR count). The van der Waals surface area contributed by atoms with Gasteiger partial charge in [-0.3, -0.25) is 5.21 Å². The van der Waals surface area contributed by atoms with Gasteiger partial charge in [0.05, 0.1) is 11.1 Å². The van der Waals surface area contributed by atoms with Gasteiger partial charge in [-0.05, 0) is 23.8 Å². The van der Waals surface area contributed by atoms with Crippen molar-refractivity contribution in [3.8, 4) is 0 Å². The fraction of sp³-hybridized carbons (Fsp3) is 0.118. The van der Waals surface area contributed by atoms with Crippen LogP contribution < -0.4 is 5.06 Å². The van der Waals surface area contributed by atoms with Crippen molar-refractivity contribution in [2.24, 2.45) is 0 Å². The molecule has 0 aliphatic rings. The zero-order valence-electron chi connectivity index (χ0n) is 12.1. The van der Waals surface area contributed by atoms with Crippen LogP contribution in [-0.2, 0) is 11.3 Å². The van der Waals surface area contributed by atoms with E-state index in [4.69, 9.17) is 4.74 Å². The summed E-state index contributed by atoms with van der Waals surface area (Å²) in [4.78, 5) is 12.3. The van der Waals surface area contributed by atoms with Crippen LogP contribution in [0.1, 0.15) is 15.9 Å². The lowest BCUT2D eigenvalue weighted by Crippen LogP contribution is -2.11. The SMILES string of the molecule is CN(O)c1cc(C(=O)OCc2ccccc2)c2ccccn12. The molecular weight excluding hydrogens is 280 g/mol. The number of carbonyl (C=O) groups excluding carboxylic acids is 1. The Labute approximate surface area is 127 Å². The van der Waals surface area contributed by atoms with E-state index in [1.54, 1.807) is 16.7 Å². The van der Waals surface area contributed by atoms with Crippen LogP contribution in [0.15, 0.2) is 60.8 Å². The van der Waals surface area contributed by atoms with Crippen molar-refractivity contribution in [1.82, 2.24) is 4.40 Å². The minimum atomic E-state index is -0.416. The number of anilines is 1. The molecule has 0 saturated heterocycles. The molecule has 0 spiro atoms. The first-order chi connectivity index (χ1) is 10.7. The normalized spacial score (nSPS) is 10.6. The Kier molecular flexibility index (Phi) is 3.80. The van der Waals surface area contributed by atoms with Gasteiger partial charge in [-0.2, -0.15) is 0 Å². The van der Waals surface area contributed by atoms with E-state index in [1.165, 1.54) is 7.05 Å². The first kappa shape index (κ1) is 14.2. The third-order valence-corrected chi connectivity index (χ3v) is 3.42. The summed E-state index contributed by atoms with van der Waals surface area (Å²) in [6.07, 6.45) is 1.78. The number of hydrogen-bond donors (Lipinski definition) is 1. The van der Waals surface area contributed by atoms with Crippen LogP contribution in [0, 0.1) is 0 Å². The van der Waals surface area contributed by atoms with Crippen LogP contribution in [0.5, 0.6) is 0 Å². The number of carbonyl (C=O) groups is 1. The van der Waals surface area contributed by atoms with Crippen molar-refractivity contribution in [1.29, 1.82) is 0 Å². The molecule has 112 valence electrons. The van der Waals surface area contributed by atoms with Crippen molar-refractivity contribution in [3.63, 3.8) is 0 Å². The van der Waals surface area contributed by atoms with Crippen LogP contribution in [0.4, 0.5) is 5.82 Å². The van der Waals surface area contributed by atoms with E-state index < -0.39 is 5.97 Å². The molecule has 0 saturated carbocycles. The molecule has 1 aromatic carbocycles. The first-order valence-electron chi connectivity index (χ1n) is 6.90. The number of pyridine rings is 1. The van der Waals surface area contributed by atoms with Gasteiger partial charge in [0.2, 0.25) is 0 Å². The molecule has 0 amide bonds. The van der Waals surface area contributed by atoms with Gasteiger partial charge in [-0.1, -0.05) is 36.4 Å². The molecule has 3 aromatic rings. The number of ether oxygens (including phenoxy) is 1. The van der Waals surface area contributed by atoms with Gasteiger partial charge in [0.25, 0.3) is 0 Å². The Bertz CT molecular complexity index is 794. The number of esters is 1. The number of hydroxylamine groups is 1. The predicted molar refractivity (Wildman–Crippen MR) is 83.1 cm³/mol. The molecule has 2 aromatic heterocycles. The largest absolute Gasteiger partial charge is 0.457 e. The second-order valence-electron chi connectivity index (χ2n) is 4.96. The molecule has 5 nitrogen and oxygen atoms in total. The Balaban J connectivity index is 1.88. The van der Waals surface area contributed by atoms with Gasteiger partial charge in [0, 0.05) is 13.2 Å². The highest BCUT2D eigenvalue weighted by Gasteiger charge is 2.18. The van der Waals surface area contributed by atoms with E-state index in [0.29, 0.717) is 16.9 Å². The number of nitrogens with zero attached hydrogens (tertiary/aromatic N) is 2. The van der Waals surface area contributed by atoms with Crippen LogP contribution in [0.25, 0.3) is 5.52 Å². The lowest BCUT2D eigenvalue weighted by Gasteiger charge is -2.09. The van der Waals surface area contributed by atoms with Gasteiger partial charge in [-0.25, -0.2) is 9.86 Å². The fourth-order valence-electron chi connectivity index (χ4n) is 2.35. The smallest absolute Gasteiger partial charge is 0.340 e. The highest BCUT2D eigenvalue weighted by atomic mass is 16.5. The number of aromatic nitrogens is 1. The molecular formula is C17H16N2O3. The summed E-state index contributed by atoms with van der Waals surface area (Å²) in [5.74, 6) is 0.0860. The standard InChI is InChI=1S/C17H16N2O3/c1-18(21)16-11-14(15-9-5-6-10-19(15)16)17(20)22-12-13-7-3-2-4-8-13/h2-11,21H,12H2,1H3. The molecule has 22 heavy (non-hydrogen) atoms. The van der Waals surface area contributed by atoms with E-state index in [2.05, 4.69) is 0 Å². The second-order valence-corrected chi connectivity index (χ2v) is 4.96. The van der Waals surface area contributed by atoms with Crippen LogP contribution in [-0.4, -0.2) is 22.6 Å². The number of hydrogen-bond acceptors (Lipinski definition) is 4. The minimum absolute atomic E-state index is 0.216. The molecule has 0 atom stereocenters. The van der Waals surface area contributed by atoms with Crippen LogP contribution in [0.2, 0.25) is 0 Å². The van der Waals surface area contributed by atoms with E-state index in [1.807, 2.05) is 48.5 Å². The van der Waals surface area contributed by atoms with E-state index in [0.717, 1.165) is 10.6 Å². The molecule has 0 radical (unpaired) electrons. The zero-order chi connectivity index (χ0) is 15.5. The van der Waals surface area contributed by atoms with Gasteiger partial charge in [-0.15, -0.1) is 0 Å². The summed E-state index contributed by atoms with van der Waals surface area (Å²) >= 11 is 0. The second kappa shape index (κ2) is 5.91. The monoisotopic (exact) mass is 296 g/mol. The maximum atomic E-state index is 12.3.